The first-order chi connectivity index (χ1) is 10.1. The average Bonchev–Trinajstić information content (AvgIpc) is 2.46. The van der Waals surface area contributed by atoms with Crippen molar-refractivity contribution in [2.24, 2.45) is 5.92 Å². The highest BCUT2D eigenvalue weighted by atomic mass is 127. The molecule has 1 aliphatic rings. The van der Waals surface area contributed by atoms with Gasteiger partial charge >= 0.3 is 0 Å². The molecular weight excluding hydrogens is 377 g/mol. The predicted octanol–water partition coefficient (Wildman–Crippen LogP) is 2.31. The number of quaternary nitrogens is 1. The molecule has 0 atom stereocenters. The van der Waals surface area contributed by atoms with E-state index in [4.69, 9.17) is 9.47 Å². The number of piperidine rings is 1. The molecule has 1 heterocycles. The minimum atomic E-state index is 0.630. The van der Waals surface area contributed by atoms with E-state index < -0.39 is 0 Å². The van der Waals surface area contributed by atoms with Crippen LogP contribution in [0.15, 0.2) is 18.2 Å². The summed E-state index contributed by atoms with van der Waals surface area (Å²) < 4.78 is 12.6. The lowest BCUT2D eigenvalue weighted by Crippen LogP contribution is -3.13. The highest BCUT2D eigenvalue weighted by Crippen LogP contribution is 2.21. The van der Waals surface area contributed by atoms with E-state index >= 15 is 0 Å². The van der Waals surface area contributed by atoms with Gasteiger partial charge in [0.05, 0.1) is 29.9 Å². The maximum Gasteiger partial charge on any atom is 0.132 e. The average molecular weight is 404 g/mol. The van der Waals surface area contributed by atoms with Gasteiger partial charge in [-0.15, -0.1) is 0 Å². The molecule has 1 aromatic carbocycles. The summed E-state index contributed by atoms with van der Waals surface area (Å²) in [4.78, 5) is 1.70. The van der Waals surface area contributed by atoms with Crippen molar-refractivity contribution in [2.45, 2.75) is 26.7 Å². The molecule has 0 saturated carbocycles. The first kappa shape index (κ1) is 17.0. The Bertz CT molecular complexity index is 431. The van der Waals surface area contributed by atoms with Crippen LogP contribution in [-0.2, 0) is 4.74 Å². The number of nitrogens with one attached hydrogen (secondary N) is 1. The molecule has 4 heteroatoms. The Morgan fingerprint density at radius 1 is 1.19 bits per heavy atom. The van der Waals surface area contributed by atoms with E-state index in [-0.39, 0.29) is 0 Å². The van der Waals surface area contributed by atoms with Crippen molar-refractivity contribution in [3.05, 3.63) is 27.3 Å². The van der Waals surface area contributed by atoms with Crippen molar-refractivity contribution in [3.8, 4) is 5.75 Å². The van der Waals surface area contributed by atoms with Crippen molar-refractivity contribution in [1.29, 1.82) is 0 Å². The van der Waals surface area contributed by atoms with Gasteiger partial charge in [0.1, 0.15) is 18.9 Å². The van der Waals surface area contributed by atoms with E-state index in [2.05, 4.69) is 48.6 Å². The van der Waals surface area contributed by atoms with Gasteiger partial charge < -0.3 is 14.4 Å². The van der Waals surface area contributed by atoms with Crippen LogP contribution >= 0.6 is 22.6 Å². The third-order valence-electron chi connectivity index (χ3n) is 4.15. The third-order valence-corrected chi connectivity index (χ3v) is 5.00. The van der Waals surface area contributed by atoms with Crippen LogP contribution in [-0.4, -0.2) is 39.5 Å². The summed E-state index contributed by atoms with van der Waals surface area (Å²) in [6, 6.07) is 6.26. The first-order valence-electron chi connectivity index (χ1n) is 7.95. The molecule has 1 fully saturated rings. The summed E-state index contributed by atoms with van der Waals surface area (Å²) in [5.41, 5.74) is 1.27. The number of ether oxygens (including phenoxy) is 2. The fourth-order valence-electron chi connectivity index (χ4n) is 2.67. The molecule has 3 nitrogen and oxygen atoms in total. The normalized spacial score (nSPS) is 22.2. The lowest BCUT2D eigenvalue weighted by Gasteiger charge is -2.27. The second-order valence-corrected chi connectivity index (χ2v) is 7.24. The van der Waals surface area contributed by atoms with Crippen LogP contribution in [0.25, 0.3) is 0 Å². The summed E-state index contributed by atoms with van der Waals surface area (Å²) in [7, 11) is 0. The molecule has 21 heavy (non-hydrogen) atoms. The molecular formula is C17H27INO2+. The van der Waals surface area contributed by atoms with Crippen molar-refractivity contribution in [2.75, 3.05) is 39.5 Å². The van der Waals surface area contributed by atoms with Crippen LogP contribution in [0.4, 0.5) is 0 Å². The number of hydrogen-bond acceptors (Lipinski definition) is 2. The number of hydrogen-bond donors (Lipinski definition) is 1. The van der Waals surface area contributed by atoms with Crippen molar-refractivity contribution in [3.63, 3.8) is 0 Å². The van der Waals surface area contributed by atoms with Gasteiger partial charge in [0.15, 0.2) is 0 Å². The van der Waals surface area contributed by atoms with Crippen LogP contribution in [0.1, 0.15) is 25.3 Å². The Balaban J connectivity index is 1.54. The molecule has 0 spiro atoms. The monoisotopic (exact) mass is 404 g/mol. The molecule has 0 aliphatic carbocycles. The lowest BCUT2D eigenvalue weighted by atomic mass is 9.99. The van der Waals surface area contributed by atoms with Gasteiger partial charge in [-0.25, -0.2) is 0 Å². The summed E-state index contributed by atoms with van der Waals surface area (Å²) in [5.74, 6) is 1.88. The SMILES string of the molecule is Cc1ccc(OCCOCC[NH+]2CCC(C)CC2)c(I)c1. The van der Waals surface area contributed by atoms with Gasteiger partial charge in [-0.2, -0.15) is 0 Å². The maximum absolute atomic E-state index is 5.76. The van der Waals surface area contributed by atoms with Crippen LogP contribution in [0.2, 0.25) is 0 Å². The zero-order valence-electron chi connectivity index (χ0n) is 13.2. The minimum absolute atomic E-state index is 0.630. The zero-order chi connectivity index (χ0) is 15.1. The van der Waals surface area contributed by atoms with E-state index in [1.807, 2.05) is 6.07 Å². The Kier molecular flexibility index (Phi) is 7.26. The number of likely N-dealkylation sites (tertiary alicyclic amines) is 1. The van der Waals surface area contributed by atoms with Crippen LogP contribution in [0.3, 0.4) is 0 Å². The van der Waals surface area contributed by atoms with Gasteiger partial charge in [0.2, 0.25) is 0 Å². The molecule has 1 saturated heterocycles. The molecule has 1 aromatic rings. The lowest BCUT2D eigenvalue weighted by molar-refractivity contribution is -0.906. The van der Waals surface area contributed by atoms with Crippen molar-refractivity contribution in [1.82, 2.24) is 0 Å². The Morgan fingerprint density at radius 2 is 1.95 bits per heavy atom. The summed E-state index contributed by atoms with van der Waals surface area (Å²) in [6.45, 7) is 10.4. The number of benzene rings is 1. The van der Waals surface area contributed by atoms with Crippen LogP contribution in [0.5, 0.6) is 5.75 Å². The molecule has 0 radical (unpaired) electrons. The van der Waals surface area contributed by atoms with Gasteiger partial charge in [-0.1, -0.05) is 13.0 Å². The molecule has 118 valence electrons. The fourth-order valence-corrected chi connectivity index (χ4v) is 3.50. The third kappa shape index (κ3) is 6.12. The molecule has 0 bridgehead atoms. The Labute approximate surface area is 142 Å². The highest BCUT2D eigenvalue weighted by Gasteiger charge is 2.18. The summed E-state index contributed by atoms with van der Waals surface area (Å²) in [6.07, 6.45) is 2.73. The van der Waals surface area contributed by atoms with E-state index in [0.29, 0.717) is 13.2 Å². The highest BCUT2D eigenvalue weighted by molar-refractivity contribution is 14.1. The summed E-state index contributed by atoms with van der Waals surface area (Å²) >= 11 is 2.32. The fraction of sp³-hybridized carbons (Fsp3) is 0.647. The largest absolute Gasteiger partial charge is 0.490 e. The van der Waals surface area contributed by atoms with Gasteiger partial charge in [0, 0.05) is 0 Å². The van der Waals surface area contributed by atoms with Gasteiger partial charge in [0.25, 0.3) is 0 Å². The Hall–Kier alpha value is -0.330. The quantitative estimate of drug-likeness (QED) is 0.557. The Morgan fingerprint density at radius 3 is 2.67 bits per heavy atom. The maximum atomic E-state index is 5.76. The second-order valence-electron chi connectivity index (χ2n) is 6.08. The molecule has 2 rings (SSSR count). The standard InChI is InChI=1S/C17H26INO2/c1-14-5-7-19(8-6-14)9-10-20-11-12-21-17-4-3-15(2)13-16(17)18/h3-4,13-14H,5-12H2,1-2H3/p+1. The minimum Gasteiger partial charge on any atom is -0.490 e. The molecule has 0 amide bonds. The number of rotatable bonds is 7. The van der Waals surface area contributed by atoms with E-state index in [1.165, 1.54) is 35.1 Å². The second kappa shape index (κ2) is 8.96. The zero-order valence-corrected chi connectivity index (χ0v) is 15.3. The topological polar surface area (TPSA) is 22.9 Å². The van der Waals surface area contributed by atoms with Gasteiger partial charge in [-0.05, 0) is 66.0 Å². The van der Waals surface area contributed by atoms with Crippen LogP contribution in [0, 0.1) is 16.4 Å². The van der Waals surface area contributed by atoms with E-state index in [0.717, 1.165) is 24.8 Å². The molecule has 1 N–H and O–H groups in total. The summed E-state index contributed by atoms with van der Waals surface area (Å²) in [5, 5.41) is 0. The van der Waals surface area contributed by atoms with Crippen molar-refractivity contribution < 1.29 is 14.4 Å². The van der Waals surface area contributed by atoms with E-state index in [1.54, 1.807) is 4.90 Å². The molecule has 0 unspecified atom stereocenters. The predicted molar refractivity (Wildman–Crippen MR) is 94.2 cm³/mol. The van der Waals surface area contributed by atoms with Crippen LogP contribution < -0.4 is 9.64 Å². The molecule has 0 aromatic heterocycles. The first-order valence-corrected chi connectivity index (χ1v) is 9.03. The van der Waals surface area contributed by atoms with E-state index in [9.17, 15) is 0 Å². The van der Waals surface area contributed by atoms with Gasteiger partial charge in [-0.3, -0.25) is 0 Å². The number of aryl methyl sites for hydroxylation is 1. The number of halogens is 1. The van der Waals surface area contributed by atoms with Crippen molar-refractivity contribution >= 4 is 22.6 Å². The molecule has 1 aliphatic heterocycles. The smallest absolute Gasteiger partial charge is 0.132 e.